The number of benzene rings is 2. The number of halogens is 2. The molecule has 1 aliphatic rings. The Morgan fingerprint density at radius 3 is 2.44 bits per heavy atom. The molecule has 7 heteroatoms. The quantitative estimate of drug-likeness (QED) is 0.548. The first-order valence-corrected chi connectivity index (χ1v) is 9.49. The summed E-state index contributed by atoms with van der Waals surface area (Å²) in [6, 6.07) is 15.2. The van der Waals surface area contributed by atoms with Crippen molar-refractivity contribution < 1.29 is 5.11 Å². The average Bonchev–Trinajstić information content (AvgIpc) is 3.04. The maximum absolute atomic E-state index is 10.5. The summed E-state index contributed by atoms with van der Waals surface area (Å²) in [5.74, 6) is 0. The number of hydrogen-bond donors (Lipinski definition) is 4. The highest BCUT2D eigenvalue weighted by Crippen LogP contribution is 2.31. The molecule has 5 nitrogen and oxygen atoms in total. The Balaban J connectivity index is 1.78. The summed E-state index contributed by atoms with van der Waals surface area (Å²) in [4.78, 5) is 0. The van der Waals surface area contributed by atoms with Crippen LogP contribution in [0.4, 0.5) is 11.4 Å². The van der Waals surface area contributed by atoms with Gasteiger partial charge in [-0.15, -0.1) is 0 Å². The second kappa shape index (κ2) is 7.98. The van der Waals surface area contributed by atoms with Crippen LogP contribution in [0.25, 0.3) is 0 Å². The number of para-hydroxylation sites is 1. The van der Waals surface area contributed by atoms with Gasteiger partial charge in [0.15, 0.2) is 6.35 Å². The molecule has 2 aromatic carbocycles. The fraction of sp³-hybridized carbons (Fsp3) is 0.300. The molecule has 0 aliphatic carbocycles. The van der Waals surface area contributed by atoms with Crippen LogP contribution in [0, 0.1) is 5.41 Å². The Kier molecular flexibility index (Phi) is 5.86. The number of nitrogens with zero attached hydrogens (tertiary/aromatic N) is 1. The average molecular weight is 407 g/mol. The molecule has 144 valence electrons. The maximum Gasteiger partial charge on any atom is 0.183 e. The van der Waals surface area contributed by atoms with Crippen molar-refractivity contribution in [2.24, 2.45) is 5.41 Å². The number of aliphatic hydroxyl groups is 1. The lowest BCUT2D eigenvalue weighted by Crippen LogP contribution is -2.52. The van der Waals surface area contributed by atoms with Crippen LogP contribution in [0.3, 0.4) is 0 Å². The third kappa shape index (κ3) is 4.68. The summed E-state index contributed by atoms with van der Waals surface area (Å²) in [6.07, 6.45) is 0.772. The van der Waals surface area contributed by atoms with Gasteiger partial charge in [-0.05, 0) is 30.3 Å². The van der Waals surface area contributed by atoms with E-state index in [2.05, 4.69) is 42.9 Å². The van der Waals surface area contributed by atoms with E-state index >= 15 is 0 Å². The topological polar surface area (TPSA) is 59.6 Å². The SMILES string of the molecule is CC(C)(C)C1=CC(NC(O)Nc2cccc(Cl)c2Cl)N(c2ccccc2)N1. The fourth-order valence-corrected chi connectivity index (χ4v) is 3.14. The second-order valence-corrected chi connectivity index (χ2v) is 8.19. The molecule has 0 saturated heterocycles. The number of aliphatic hydroxyl groups excluding tert-OH is 1. The molecule has 0 bridgehead atoms. The molecule has 3 rings (SSSR count). The van der Waals surface area contributed by atoms with Gasteiger partial charge in [0.1, 0.15) is 6.17 Å². The van der Waals surface area contributed by atoms with Gasteiger partial charge in [0.05, 0.1) is 21.4 Å². The highest BCUT2D eigenvalue weighted by molar-refractivity contribution is 6.43. The van der Waals surface area contributed by atoms with Gasteiger partial charge in [0.2, 0.25) is 0 Å². The van der Waals surface area contributed by atoms with Crippen LogP contribution >= 0.6 is 23.2 Å². The molecule has 4 N–H and O–H groups in total. The summed E-state index contributed by atoms with van der Waals surface area (Å²) in [7, 11) is 0. The Labute approximate surface area is 169 Å². The molecule has 2 unspecified atom stereocenters. The number of rotatable bonds is 5. The lowest BCUT2D eigenvalue weighted by atomic mass is 9.92. The summed E-state index contributed by atoms with van der Waals surface area (Å²) < 4.78 is 0. The lowest BCUT2D eigenvalue weighted by molar-refractivity contribution is 0.155. The Bertz CT molecular complexity index is 820. The van der Waals surface area contributed by atoms with Crippen molar-refractivity contribution in [1.29, 1.82) is 0 Å². The highest BCUT2D eigenvalue weighted by atomic mass is 35.5. The van der Waals surface area contributed by atoms with E-state index in [0.29, 0.717) is 15.7 Å². The van der Waals surface area contributed by atoms with Crippen molar-refractivity contribution >= 4 is 34.6 Å². The van der Waals surface area contributed by atoms with Crippen molar-refractivity contribution in [3.05, 3.63) is 70.3 Å². The molecular weight excluding hydrogens is 383 g/mol. The minimum atomic E-state index is -1.03. The van der Waals surface area contributed by atoms with Gasteiger partial charge in [-0.1, -0.05) is 68.2 Å². The molecule has 0 radical (unpaired) electrons. The van der Waals surface area contributed by atoms with Gasteiger partial charge in [-0.25, -0.2) is 5.32 Å². The molecule has 1 aliphatic heterocycles. The van der Waals surface area contributed by atoms with Gasteiger partial charge in [0, 0.05) is 11.1 Å². The zero-order chi connectivity index (χ0) is 19.6. The van der Waals surface area contributed by atoms with Crippen LogP contribution in [0.1, 0.15) is 20.8 Å². The minimum absolute atomic E-state index is 0.0574. The number of allylic oxidation sites excluding steroid dienone is 1. The minimum Gasteiger partial charge on any atom is -0.361 e. The highest BCUT2D eigenvalue weighted by Gasteiger charge is 2.31. The number of hydrazine groups is 1. The molecule has 0 amide bonds. The predicted octanol–water partition coefficient (Wildman–Crippen LogP) is 4.55. The van der Waals surface area contributed by atoms with E-state index in [1.165, 1.54) is 0 Å². The van der Waals surface area contributed by atoms with Crippen LogP contribution in [-0.2, 0) is 0 Å². The molecule has 1 heterocycles. The molecule has 2 aromatic rings. The third-order valence-corrected chi connectivity index (χ3v) is 5.08. The van der Waals surface area contributed by atoms with Gasteiger partial charge >= 0.3 is 0 Å². The molecule has 0 fully saturated rings. The van der Waals surface area contributed by atoms with E-state index < -0.39 is 6.35 Å². The van der Waals surface area contributed by atoms with Gasteiger partial charge in [0.25, 0.3) is 0 Å². The van der Waals surface area contributed by atoms with Crippen LogP contribution < -0.4 is 21.1 Å². The van der Waals surface area contributed by atoms with Gasteiger partial charge in [-0.3, -0.25) is 5.01 Å². The molecular formula is C20H24Cl2N4O. The van der Waals surface area contributed by atoms with Crippen LogP contribution in [-0.4, -0.2) is 17.6 Å². The first-order valence-electron chi connectivity index (χ1n) is 8.73. The summed E-state index contributed by atoms with van der Waals surface area (Å²) in [5, 5.41) is 19.4. The van der Waals surface area contributed by atoms with Crippen molar-refractivity contribution in [3.8, 4) is 0 Å². The molecule has 0 spiro atoms. The number of nitrogens with one attached hydrogen (secondary N) is 3. The Morgan fingerprint density at radius 1 is 1.07 bits per heavy atom. The van der Waals surface area contributed by atoms with Crippen molar-refractivity contribution in [3.63, 3.8) is 0 Å². The summed E-state index contributed by atoms with van der Waals surface area (Å²) in [6.45, 7) is 6.41. The molecule has 2 atom stereocenters. The summed E-state index contributed by atoms with van der Waals surface area (Å²) in [5.41, 5.74) is 5.98. The number of anilines is 2. The normalized spacial score (nSPS) is 18.1. The van der Waals surface area contributed by atoms with Gasteiger partial charge in [-0.2, -0.15) is 0 Å². The van der Waals surface area contributed by atoms with E-state index in [1.807, 2.05) is 35.3 Å². The van der Waals surface area contributed by atoms with E-state index in [-0.39, 0.29) is 11.6 Å². The van der Waals surface area contributed by atoms with Crippen LogP contribution in [0.15, 0.2) is 60.3 Å². The molecule has 27 heavy (non-hydrogen) atoms. The van der Waals surface area contributed by atoms with Crippen LogP contribution in [0.2, 0.25) is 10.0 Å². The fourth-order valence-electron chi connectivity index (χ4n) is 2.79. The largest absolute Gasteiger partial charge is 0.361 e. The van der Waals surface area contributed by atoms with Crippen molar-refractivity contribution in [2.75, 3.05) is 10.3 Å². The number of hydrogen-bond acceptors (Lipinski definition) is 5. The van der Waals surface area contributed by atoms with Gasteiger partial charge < -0.3 is 15.8 Å². The zero-order valence-electron chi connectivity index (χ0n) is 15.5. The van der Waals surface area contributed by atoms with Crippen molar-refractivity contribution in [1.82, 2.24) is 10.7 Å². The zero-order valence-corrected chi connectivity index (χ0v) is 17.0. The first-order chi connectivity index (χ1) is 12.8. The lowest BCUT2D eigenvalue weighted by Gasteiger charge is -2.31. The first kappa shape index (κ1) is 19.8. The summed E-state index contributed by atoms with van der Waals surface area (Å²) >= 11 is 12.2. The van der Waals surface area contributed by atoms with E-state index in [4.69, 9.17) is 23.2 Å². The third-order valence-electron chi connectivity index (χ3n) is 4.26. The maximum atomic E-state index is 10.5. The second-order valence-electron chi connectivity index (χ2n) is 7.41. The monoisotopic (exact) mass is 406 g/mol. The smallest absolute Gasteiger partial charge is 0.183 e. The molecule has 0 aromatic heterocycles. The Hall–Kier alpha value is -1.92. The van der Waals surface area contributed by atoms with E-state index in [0.717, 1.165) is 11.4 Å². The predicted molar refractivity (Wildman–Crippen MR) is 113 cm³/mol. The van der Waals surface area contributed by atoms with E-state index in [1.54, 1.807) is 18.2 Å². The van der Waals surface area contributed by atoms with E-state index in [9.17, 15) is 5.11 Å². The van der Waals surface area contributed by atoms with Crippen molar-refractivity contribution in [2.45, 2.75) is 33.3 Å². The Morgan fingerprint density at radius 2 is 1.78 bits per heavy atom. The standard InChI is InChI=1S/C20H24Cl2N4O/c1-20(2,3)16-12-17(26(25-16)13-8-5-4-6-9-13)24-19(27)23-15-11-7-10-14(21)18(15)22/h4-12,17,19,23-25,27H,1-3H3. The molecule has 0 saturated carbocycles. The van der Waals surface area contributed by atoms with Crippen LogP contribution in [0.5, 0.6) is 0 Å².